The van der Waals surface area contributed by atoms with Crippen LogP contribution in [0.15, 0.2) is 23.3 Å². The molecule has 0 bridgehead atoms. The number of hydrogen-bond donors (Lipinski definition) is 2. The van der Waals surface area contributed by atoms with E-state index in [2.05, 4.69) is 41.0 Å². The number of benzene rings is 1. The molecule has 3 aliphatic rings. The Morgan fingerprint density at radius 2 is 2.17 bits per heavy atom. The summed E-state index contributed by atoms with van der Waals surface area (Å²) in [4.78, 5) is 11.6. The maximum absolute atomic E-state index is 11.6. The molecule has 1 amide bonds. The second-order valence-electron chi connectivity index (χ2n) is 6.88. The minimum atomic E-state index is -0.0149. The number of nitrogens with zero attached hydrogens (tertiary/aromatic N) is 1. The van der Waals surface area contributed by atoms with Crippen molar-refractivity contribution < 1.29 is 9.53 Å². The van der Waals surface area contributed by atoms with E-state index in [0.717, 1.165) is 55.8 Å². The van der Waals surface area contributed by atoms with Crippen LogP contribution in [0.2, 0.25) is 0 Å². The Balaban J connectivity index is 1.62. The van der Waals surface area contributed by atoms with Crippen LogP contribution in [0.25, 0.3) is 0 Å². The molecule has 1 aromatic carbocycles. The third kappa shape index (κ3) is 2.63. The molecule has 2 N–H and O–H groups in total. The molecule has 3 heterocycles. The Labute approximate surface area is 136 Å². The van der Waals surface area contributed by atoms with Gasteiger partial charge in [0.25, 0.3) is 0 Å². The van der Waals surface area contributed by atoms with Gasteiger partial charge in [-0.2, -0.15) is 5.10 Å². The molecule has 122 valence electrons. The van der Waals surface area contributed by atoms with E-state index < -0.39 is 0 Å². The number of hydrazone groups is 1. The Kier molecular flexibility index (Phi) is 3.60. The maximum Gasteiger partial charge on any atom is 0.240 e. The summed E-state index contributed by atoms with van der Waals surface area (Å²) in [7, 11) is 0. The number of carbonyl (C=O) groups excluding carboxylic acids is 1. The predicted molar refractivity (Wildman–Crippen MR) is 88.7 cm³/mol. The van der Waals surface area contributed by atoms with Crippen molar-refractivity contribution in [1.29, 1.82) is 0 Å². The van der Waals surface area contributed by atoms with Gasteiger partial charge in [0.05, 0.1) is 5.71 Å². The smallest absolute Gasteiger partial charge is 0.240 e. The van der Waals surface area contributed by atoms with E-state index in [1.165, 1.54) is 5.56 Å². The highest BCUT2D eigenvalue weighted by Gasteiger charge is 2.40. The molecule has 3 aliphatic heterocycles. The number of piperidine rings is 1. The topological polar surface area (TPSA) is 62.7 Å². The fourth-order valence-corrected chi connectivity index (χ4v) is 3.97. The van der Waals surface area contributed by atoms with Crippen molar-refractivity contribution in [2.45, 2.75) is 44.6 Å². The number of fused-ring (bicyclic) bond motifs is 1. The molecular formula is C18H23N3O2. The molecule has 1 unspecified atom stereocenters. The highest BCUT2D eigenvalue weighted by atomic mass is 16.5. The Morgan fingerprint density at radius 3 is 2.96 bits per heavy atom. The van der Waals surface area contributed by atoms with Gasteiger partial charge in [-0.25, -0.2) is 5.43 Å². The van der Waals surface area contributed by atoms with Crippen LogP contribution in [-0.4, -0.2) is 30.3 Å². The fourth-order valence-electron chi connectivity index (χ4n) is 3.97. The maximum atomic E-state index is 11.6. The van der Waals surface area contributed by atoms with Crippen LogP contribution in [-0.2, 0) is 11.2 Å². The van der Waals surface area contributed by atoms with Gasteiger partial charge in [-0.1, -0.05) is 6.92 Å². The second-order valence-corrected chi connectivity index (χ2v) is 6.88. The van der Waals surface area contributed by atoms with Gasteiger partial charge in [0, 0.05) is 18.8 Å². The number of amides is 1. The summed E-state index contributed by atoms with van der Waals surface area (Å²) in [5, 5.41) is 7.73. The normalized spacial score (nSPS) is 25.5. The molecule has 23 heavy (non-hydrogen) atoms. The summed E-state index contributed by atoms with van der Waals surface area (Å²) in [6, 6.07) is 6.37. The third-order valence-corrected chi connectivity index (χ3v) is 5.32. The monoisotopic (exact) mass is 313 g/mol. The molecule has 1 fully saturated rings. The van der Waals surface area contributed by atoms with Crippen LogP contribution < -0.4 is 15.5 Å². The molecule has 0 radical (unpaired) electrons. The van der Waals surface area contributed by atoms with Crippen LogP contribution in [0, 0.1) is 5.92 Å². The Hall–Kier alpha value is -1.88. The van der Waals surface area contributed by atoms with Gasteiger partial charge < -0.3 is 10.1 Å². The van der Waals surface area contributed by atoms with Crippen molar-refractivity contribution >= 4 is 11.6 Å². The molecule has 5 heteroatoms. The van der Waals surface area contributed by atoms with Crippen molar-refractivity contribution in [2.24, 2.45) is 11.0 Å². The van der Waals surface area contributed by atoms with Crippen molar-refractivity contribution in [2.75, 3.05) is 13.1 Å². The highest BCUT2D eigenvalue weighted by Crippen LogP contribution is 2.40. The molecule has 1 spiro atoms. The molecular weight excluding hydrogens is 290 g/mol. The van der Waals surface area contributed by atoms with Crippen LogP contribution in [0.5, 0.6) is 5.75 Å². The van der Waals surface area contributed by atoms with Gasteiger partial charge >= 0.3 is 0 Å². The van der Waals surface area contributed by atoms with Crippen LogP contribution in [0.1, 0.15) is 43.7 Å². The number of hydrogen-bond acceptors (Lipinski definition) is 4. The van der Waals surface area contributed by atoms with E-state index in [9.17, 15) is 4.79 Å². The van der Waals surface area contributed by atoms with Gasteiger partial charge in [0.2, 0.25) is 5.91 Å². The number of ether oxygens (including phenoxy) is 1. The lowest BCUT2D eigenvalue weighted by atomic mass is 9.86. The standard InChI is InChI=1S/C18H23N3O2/c1-2-12-10-16(22)20-21-17(12)13-3-4-15-14(9-13)11-18(23-15)5-7-19-8-6-18/h3-4,9,12,19H,2,5-8,10-11H2,1H3,(H,20,22). The fraction of sp³-hybridized carbons (Fsp3) is 0.556. The third-order valence-electron chi connectivity index (χ3n) is 5.32. The quantitative estimate of drug-likeness (QED) is 0.878. The Bertz CT molecular complexity index is 662. The average Bonchev–Trinajstić information content (AvgIpc) is 2.91. The number of rotatable bonds is 2. The van der Waals surface area contributed by atoms with Crippen LogP contribution in [0.3, 0.4) is 0 Å². The predicted octanol–water partition coefficient (Wildman–Crippen LogP) is 1.99. The van der Waals surface area contributed by atoms with E-state index >= 15 is 0 Å². The van der Waals surface area contributed by atoms with Gasteiger partial charge in [0.1, 0.15) is 11.4 Å². The van der Waals surface area contributed by atoms with Crippen molar-refractivity contribution in [3.8, 4) is 5.75 Å². The lowest BCUT2D eigenvalue weighted by Crippen LogP contribution is -2.45. The average molecular weight is 313 g/mol. The molecule has 0 saturated carbocycles. The van der Waals surface area contributed by atoms with Gasteiger partial charge in [0.15, 0.2) is 0 Å². The second kappa shape index (κ2) is 5.64. The van der Waals surface area contributed by atoms with Crippen molar-refractivity contribution in [3.63, 3.8) is 0 Å². The summed E-state index contributed by atoms with van der Waals surface area (Å²) < 4.78 is 6.30. The zero-order valence-corrected chi connectivity index (χ0v) is 13.5. The summed E-state index contributed by atoms with van der Waals surface area (Å²) in [5.74, 6) is 1.24. The molecule has 1 aromatic rings. The molecule has 1 saturated heterocycles. The highest BCUT2D eigenvalue weighted by molar-refractivity contribution is 6.06. The summed E-state index contributed by atoms with van der Waals surface area (Å²) in [6.45, 7) is 4.16. The van der Waals surface area contributed by atoms with Gasteiger partial charge in [-0.15, -0.1) is 0 Å². The van der Waals surface area contributed by atoms with E-state index in [4.69, 9.17) is 4.74 Å². The van der Waals surface area contributed by atoms with E-state index in [1.54, 1.807) is 0 Å². The van der Waals surface area contributed by atoms with Gasteiger partial charge in [-0.05, 0) is 61.7 Å². The van der Waals surface area contributed by atoms with Crippen molar-refractivity contribution in [1.82, 2.24) is 10.7 Å². The van der Waals surface area contributed by atoms with E-state index in [0.29, 0.717) is 6.42 Å². The lowest BCUT2D eigenvalue weighted by molar-refractivity contribution is -0.122. The van der Waals surface area contributed by atoms with Crippen LogP contribution >= 0.6 is 0 Å². The molecule has 4 rings (SSSR count). The summed E-state index contributed by atoms with van der Waals surface area (Å²) in [6.07, 6.45) is 4.56. The summed E-state index contributed by atoms with van der Waals surface area (Å²) >= 11 is 0. The molecule has 5 nitrogen and oxygen atoms in total. The van der Waals surface area contributed by atoms with Crippen molar-refractivity contribution in [3.05, 3.63) is 29.3 Å². The first-order chi connectivity index (χ1) is 11.2. The molecule has 1 atom stereocenters. The SMILES string of the molecule is CCC1CC(=O)NN=C1c1ccc2c(c1)CC1(CCNCC1)O2. The lowest BCUT2D eigenvalue weighted by Gasteiger charge is -2.33. The van der Waals surface area contributed by atoms with E-state index in [-0.39, 0.29) is 17.4 Å². The first-order valence-corrected chi connectivity index (χ1v) is 8.58. The van der Waals surface area contributed by atoms with Gasteiger partial charge in [-0.3, -0.25) is 4.79 Å². The minimum Gasteiger partial charge on any atom is -0.487 e. The Morgan fingerprint density at radius 1 is 1.35 bits per heavy atom. The summed E-state index contributed by atoms with van der Waals surface area (Å²) in [5.41, 5.74) is 6.01. The number of carbonyl (C=O) groups is 1. The van der Waals surface area contributed by atoms with E-state index in [1.807, 2.05) is 0 Å². The molecule has 0 aliphatic carbocycles. The molecule has 0 aromatic heterocycles. The first-order valence-electron chi connectivity index (χ1n) is 8.58. The largest absolute Gasteiger partial charge is 0.487 e. The zero-order chi connectivity index (χ0) is 15.9. The van der Waals surface area contributed by atoms with Crippen LogP contribution in [0.4, 0.5) is 0 Å². The number of nitrogens with one attached hydrogen (secondary N) is 2. The zero-order valence-electron chi connectivity index (χ0n) is 13.5. The first kappa shape index (κ1) is 14.7. The minimum absolute atomic E-state index is 0.0127.